The zero-order valence-corrected chi connectivity index (χ0v) is 11.5. The molecule has 5 heteroatoms. The van der Waals surface area contributed by atoms with Crippen molar-refractivity contribution in [2.24, 2.45) is 0 Å². The van der Waals surface area contributed by atoms with Gasteiger partial charge in [-0.05, 0) is 23.6 Å². The van der Waals surface area contributed by atoms with Gasteiger partial charge in [0, 0.05) is 13.7 Å². The summed E-state index contributed by atoms with van der Waals surface area (Å²) in [5.41, 5.74) is 9.12. The normalized spacial score (nSPS) is 11.2. The molecule has 0 radical (unpaired) electrons. The van der Waals surface area contributed by atoms with Crippen molar-refractivity contribution < 1.29 is 4.74 Å². The number of methoxy groups -OCH3 is 1. The smallest absolute Gasteiger partial charge is 0.144 e. The Labute approximate surface area is 115 Å². The van der Waals surface area contributed by atoms with Gasteiger partial charge in [-0.3, -0.25) is 0 Å². The molecular weight excluding hydrogens is 258 g/mol. The summed E-state index contributed by atoms with van der Waals surface area (Å²) in [5, 5.41) is 2.79. The van der Waals surface area contributed by atoms with Crippen molar-refractivity contribution in [1.29, 1.82) is 0 Å². The first-order valence-electron chi connectivity index (χ1n) is 6.09. The van der Waals surface area contributed by atoms with Gasteiger partial charge in [0.15, 0.2) is 0 Å². The van der Waals surface area contributed by atoms with Crippen LogP contribution in [0.3, 0.4) is 0 Å². The van der Waals surface area contributed by atoms with Gasteiger partial charge >= 0.3 is 0 Å². The molecule has 0 amide bonds. The predicted molar refractivity (Wildman–Crippen MR) is 79.3 cm³/mol. The van der Waals surface area contributed by atoms with Gasteiger partial charge in [-0.1, -0.05) is 12.1 Å². The standard InChI is InChI=1S/C14H15N3OS/c1-18-8-7-17-12-5-3-2-4-11(12)16-14(17)10-6-9-19-13(10)15/h2-6,9H,7-8,15H2,1H3. The molecule has 2 N–H and O–H groups in total. The number of ether oxygens (including phenoxy) is 1. The summed E-state index contributed by atoms with van der Waals surface area (Å²) in [6.45, 7) is 1.42. The van der Waals surface area contributed by atoms with Crippen LogP contribution in [0.1, 0.15) is 0 Å². The quantitative estimate of drug-likeness (QED) is 0.795. The zero-order chi connectivity index (χ0) is 13.2. The predicted octanol–water partition coefficient (Wildman–Crippen LogP) is 2.99. The Morgan fingerprint density at radius 1 is 1.32 bits per heavy atom. The molecule has 2 aromatic heterocycles. The minimum atomic E-state index is 0.650. The van der Waals surface area contributed by atoms with Crippen molar-refractivity contribution in [3.8, 4) is 11.4 Å². The van der Waals surface area contributed by atoms with E-state index in [9.17, 15) is 0 Å². The van der Waals surface area contributed by atoms with Crippen LogP contribution in [0.25, 0.3) is 22.4 Å². The van der Waals surface area contributed by atoms with Crippen molar-refractivity contribution in [3.05, 3.63) is 35.7 Å². The second-order valence-corrected chi connectivity index (χ2v) is 5.21. The number of aromatic nitrogens is 2. The van der Waals surface area contributed by atoms with Gasteiger partial charge in [0.2, 0.25) is 0 Å². The minimum absolute atomic E-state index is 0.650. The van der Waals surface area contributed by atoms with Crippen LogP contribution in [-0.2, 0) is 11.3 Å². The summed E-state index contributed by atoms with van der Waals surface area (Å²) in [4.78, 5) is 4.70. The molecule has 19 heavy (non-hydrogen) atoms. The number of nitrogens with two attached hydrogens (primary N) is 1. The molecule has 98 valence electrons. The number of hydrogen-bond acceptors (Lipinski definition) is 4. The van der Waals surface area contributed by atoms with Crippen molar-refractivity contribution in [2.45, 2.75) is 6.54 Å². The average Bonchev–Trinajstić information content (AvgIpc) is 2.99. The number of benzene rings is 1. The summed E-state index contributed by atoms with van der Waals surface area (Å²) in [6, 6.07) is 10.1. The highest BCUT2D eigenvalue weighted by Gasteiger charge is 2.14. The summed E-state index contributed by atoms with van der Waals surface area (Å²) in [7, 11) is 1.71. The first kappa shape index (κ1) is 12.2. The monoisotopic (exact) mass is 273 g/mol. The molecular formula is C14H15N3OS. The van der Waals surface area contributed by atoms with Crippen molar-refractivity contribution in [1.82, 2.24) is 9.55 Å². The van der Waals surface area contributed by atoms with Crippen LogP contribution >= 0.6 is 11.3 Å². The van der Waals surface area contributed by atoms with E-state index >= 15 is 0 Å². The molecule has 3 rings (SSSR count). The molecule has 3 aromatic rings. The molecule has 2 heterocycles. The Kier molecular flexibility index (Phi) is 3.23. The fourth-order valence-corrected chi connectivity index (χ4v) is 2.83. The van der Waals surface area contributed by atoms with Crippen molar-refractivity contribution in [2.75, 3.05) is 19.5 Å². The van der Waals surface area contributed by atoms with Crippen LogP contribution < -0.4 is 5.73 Å². The molecule has 1 aromatic carbocycles. The number of fused-ring (bicyclic) bond motifs is 1. The van der Waals surface area contributed by atoms with Gasteiger partial charge in [-0.15, -0.1) is 11.3 Å². The van der Waals surface area contributed by atoms with Crippen molar-refractivity contribution in [3.63, 3.8) is 0 Å². The maximum atomic E-state index is 6.03. The first-order valence-corrected chi connectivity index (χ1v) is 6.97. The van der Waals surface area contributed by atoms with Crippen LogP contribution in [0.4, 0.5) is 5.00 Å². The van der Waals surface area contributed by atoms with Gasteiger partial charge in [0.1, 0.15) is 5.82 Å². The third kappa shape index (κ3) is 2.11. The maximum absolute atomic E-state index is 6.03. The fraction of sp³-hybridized carbons (Fsp3) is 0.214. The second kappa shape index (κ2) is 5.03. The number of para-hydroxylation sites is 2. The summed E-state index contributed by atoms with van der Waals surface area (Å²) < 4.78 is 7.35. The summed E-state index contributed by atoms with van der Waals surface area (Å²) in [5.74, 6) is 0.914. The largest absolute Gasteiger partial charge is 0.390 e. The van der Waals surface area contributed by atoms with E-state index in [1.165, 1.54) is 11.3 Å². The van der Waals surface area contributed by atoms with E-state index in [-0.39, 0.29) is 0 Å². The Bertz CT molecular complexity index is 702. The van der Waals surface area contributed by atoms with E-state index in [2.05, 4.69) is 10.6 Å². The summed E-state index contributed by atoms with van der Waals surface area (Å²) in [6.07, 6.45) is 0. The fourth-order valence-electron chi connectivity index (χ4n) is 2.20. The lowest BCUT2D eigenvalue weighted by Crippen LogP contribution is -2.06. The second-order valence-electron chi connectivity index (χ2n) is 4.27. The highest BCUT2D eigenvalue weighted by Crippen LogP contribution is 2.32. The number of hydrogen-bond donors (Lipinski definition) is 1. The molecule has 0 bridgehead atoms. The molecule has 0 aliphatic carbocycles. The van der Waals surface area contributed by atoms with Crippen LogP contribution in [0.15, 0.2) is 35.7 Å². The van der Waals surface area contributed by atoms with E-state index in [1.807, 2.05) is 29.6 Å². The van der Waals surface area contributed by atoms with Gasteiger partial charge < -0.3 is 15.0 Å². The van der Waals surface area contributed by atoms with Crippen LogP contribution in [-0.4, -0.2) is 23.3 Å². The van der Waals surface area contributed by atoms with Crippen LogP contribution in [0.2, 0.25) is 0 Å². The molecule has 0 aliphatic heterocycles. The molecule has 4 nitrogen and oxygen atoms in total. The minimum Gasteiger partial charge on any atom is -0.390 e. The number of nitrogen functional groups attached to an aromatic ring is 1. The van der Waals surface area contributed by atoms with E-state index in [4.69, 9.17) is 15.5 Å². The van der Waals surface area contributed by atoms with Crippen LogP contribution in [0.5, 0.6) is 0 Å². The summed E-state index contributed by atoms with van der Waals surface area (Å²) >= 11 is 1.53. The Hall–Kier alpha value is -1.85. The topological polar surface area (TPSA) is 53.1 Å². The number of rotatable bonds is 4. The third-order valence-corrected chi connectivity index (χ3v) is 3.86. The molecule has 0 aliphatic rings. The molecule has 0 fully saturated rings. The molecule has 0 unspecified atom stereocenters. The van der Waals surface area contributed by atoms with Gasteiger partial charge in [-0.25, -0.2) is 4.98 Å². The van der Waals surface area contributed by atoms with E-state index < -0.39 is 0 Å². The first-order chi connectivity index (χ1) is 9.31. The molecule has 0 saturated carbocycles. The number of nitrogens with zero attached hydrogens (tertiary/aromatic N) is 2. The van der Waals surface area contributed by atoms with E-state index in [1.54, 1.807) is 7.11 Å². The Morgan fingerprint density at radius 2 is 2.16 bits per heavy atom. The Morgan fingerprint density at radius 3 is 2.89 bits per heavy atom. The van der Waals surface area contributed by atoms with Gasteiger partial charge in [-0.2, -0.15) is 0 Å². The van der Waals surface area contributed by atoms with Gasteiger partial charge in [0.05, 0.1) is 28.2 Å². The highest BCUT2D eigenvalue weighted by molar-refractivity contribution is 7.14. The lowest BCUT2D eigenvalue weighted by molar-refractivity contribution is 0.188. The number of imidazole rings is 1. The lowest BCUT2D eigenvalue weighted by atomic mass is 10.3. The van der Waals surface area contributed by atoms with Gasteiger partial charge in [0.25, 0.3) is 0 Å². The number of anilines is 1. The molecule has 0 saturated heterocycles. The molecule has 0 spiro atoms. The van der Waals surface area contributed by atoms with Crippen LogP contribution in [0, 0.1) is 0 Å². The average molecular weight is 273 g/mol. The zero-order valence-electron chi connectivity index (χ0n) is 10.7. The highest BCUT2D eigenvalue weighted by atomic mass is 32.1. The lowest BCUT2D eigenvalue weighted by Gasteiger charge is -2.08. The SMILES string of the molecule is COCCn1c(-c2ccsc2N)nc2ccccc21. The Balaban J connectivity index is 2.20. The van der Waals surface area contributed by atoms with E-state index in [0.29, 0.717) is 6.61 Å². The van der Waals surface area contributed by atoms with Crippen molar-refractivity contribution >= 4 is 27.4 Å². The van der Waals surface area contributed by atoms with E-state index in [0.717, 1.165) is 34.0 Å². The third-order valence-electron chi connectivity index (χ3n) is 3.11. The molecule has 0 atom stereocenters. The maximum Gasteiger partial charge on any atom is 0.144 e. The number of thiophene rings is 1.